The Bertz CT molecular complexity index is 644. The summed E-state index contributed by atoms with van der Waals surface area (Å²) in [5.41, 5.74) is 1.18. The van der Waals surface area contributed by atoms with Gasteiger partial charge in [0, 0.05) is 23.8 Å². The van der Waals surface area contributed by atoms with E-state index in [4.69, 9.17) is 21.2 Å². The maximum Gasteiger partial charge on any atom is 0.278 e. The molecular formula is C15H15ClN2O3. The summed E-state index contributed by atoms with van der Waals surface area (Å²) < 4.78 is 5.66. The summed E-state index contributed by atoms with van der Waals surface area (Å²) in [6, 6.07) is 8.67. The zero-order valence-corrected chi connectivity index (χ0v) is 12.7. The minimum absolute atomic E-state index is 0.272. The Hall–Kier alpha value is -2.11. The minimum atomic E-state index is -0.272. The fourth-order valence-electron chi connectivity index (χ4n) is 1.67. The Labute approximate surface area is 128 Å². The maximum atomic E-state index is 11.9. The van der Waals surface area contributed by atoms with Gasteiger partial charge in [0.25, 0.3) is 5.91 Å². The number of ether oxygens (including phenoxy) is 1. The summed E-state index contributed by atoms with van der Waals surface area (Å²) in [4.78, 5) is 21.0. The lowest BCUT2D eigenvalue weighted by atomic mass is 10.2. The molecule has 0 atom stereocenters. The van der Waals surface area contributed by atoms with Gasteiger partial charge in [-0.3, -0.25) is 9.63 Å². The summed E-state index contributed by atoms with van der Waals surface area (Å²) in [7, 11) is 2.96. The number of carbonyl (C=O) groups is 1. The summed E-state index contributed by atoms with van der Waals surface area (Å²) in [6.45, 7) is 1.82. The van der Waals surface area contributed by atoms with E-state index < -0.39 is 0 Å². The van der Waals surface area contributed by atoms with Crippen LogP contribution in [-0.2, 0) is 4.84 Å². The molecule has 0 fully saturated rings. The van der Waals surface area contributed by atoms with E-state index >= 15 is 0 Å². The van der Waals surface area contributed by atoms with Gasteiger partial charge in [0.15, 0.2) is 0 Å². The van der Waals surface area contributed by atoms with Crippen LogP contribution in [0, 0.1) is 6.92 Å². The van der Waals surface area contributed by atoms with Gasteiger partial charge >= 0.3 is 0 Å². The molecule has 0 aliphatic rings. The van der Waals surface area contributed by atoms with Crippen molar-refractivity contribution >= 4 is 17.5 Å². The highest BCUT2D eigenvalue weighted by molar-refractivity contribution is 6.30. The Morgan fingerprint density at radius 1 is 1.29 bits per heavy atom. The maximum absolute atomic E-state index is 11.9. The Morgan fingerprint density at radius 2 is 1.95 bits per heavy atom. The molecule has 0 radical (unpaired) electrons. The third-order valence-electron chi connectivity index (χ3n) is 2.87. The molecule has 5 nitrogen and oxygen atoms in total. The second kappa shape index (κ2) is 6.56. The van der Waals surface area contributed by atoms with Gasteiger partial charge in [-0.25, -0.2) is 10.0 Å². The number of rotatable bonds is 4. The van der Waals surface area contributed by atoms with Crippen molar-refractivity contribution in [1.29, 1.82) is 0 Å². The van der Waals surface area contributed by atoms with E-state index in [1.54, 1.807) is 30.3 Å². The summed E-state index contributed by atoms with van der Waals surface area (Å²) in [6.07, 6.45) is 1.45. The number of aryl methyl sites for hydroxylation is 1. The average molecular weight is 307 g/mol. The van der Waals surface area contributed by atoms with Crippen molar-refractivity contribution in [2.24, 2.45) is 0 Å². The lowest BCUT2D eigenvalue weighted by Gasteiger charge is -2.14. The van der Waals surface area contributed by atoms with Gasteiger partial charge in [-0.1, -0.05) is 11.6 Å². The molecule has 0 saturated heterocycles. The van der Waals surface area contributed by atoms with Crippen LogP contribution in [0.5, 0.6) is 11.6 Å². The molecule has 0 N–H and O–H groups in total. The van der Waals surface area contributed by atoms with Crippen molar-refractivity contribution in [2.75, 3.05) is 14.2 Å². The molecule has 0 bridgehead atoms. The zero-order chi connectivity index (χ0) is 15.4. The fourth-order valence-corrected chi connectivity index (χ4v) is 1.79. The first-order valence-corrected chi connectivity index (χ1v) is 6.61. The van der Waals surface area contributed by atoms with Crippen molar-refractivity contribution < 1.29 is 14.4 Å². The van der Waals surface area contributed by atoms with Gasteiger partial charge in [-0.2, -0.15) is 0 Å². The SMILES string of the molecule is CON(C)C(=O)c1cnc(Oc2ccc(Cl)cc2)c(C)c1. The number of hydrogen-bond donors (Lipinski definition) is 0. The topological polar surface area (TPSA) is 51.7 Å². The molecule has 2 rings (SSSR count). The Balaban J connectivity index is 2.19. The second-order valence-corrected chi connectivity index (χ2v) is 4.82. The van der Waals surface area contributed by atoms with E-state index in [2.05, 4.69) is 4.98 Å². The molecule has 1 aromatic carbocycles. The van der Waals surface area contributed by atoms with E-state index in [0.717, 1.165) is 10.6 Å². The minimum Gasteiger partial charge on any atom is -0.439 e. The molecule has 110 valence electrons. The first-order valence-electron chi connectivity index (χ1n) is 6.23. The van der Waals surface area contributed by atoms with Gasteiger partial charge < -0.3 is 4.74 Å². The summed E-state index contributed by atoms with van der Waals surface area (Å²) >= 11 is 5.82. The van der Waals surface area contributed by atoms with Crippen molar-refractivity contribution in [3.8, 4) is 11.6 Å². The fraction of sp³-hybridized carbons (Fsp3) is 0.200. The van der Waals surface area contributed by atoms with Crippen LogP contribution in [-0.4, -0.2) is 30.1 Å². The standard InChI is InChI=1S/C15H15ClN2O3/c1-10-8-11(15(19)18(2)20-3)9-17-14(10)21-13-6-4-12(16)5-7-13/h4-9H,1-3H3. The smallest absolute Gasteiger partial charge is 0.278 e. The quantitative estimate of drug-likeness (QED) is 0.812. The third-order valence-corrected chi connectivity index (χ3v) is 3.12. The average Bonchev–Trinajstić information content (AvgIpc) is 2.50. The van der Waals surface area contributed by atoms with Crippen molar-refractivity contribution in [3.05, 3.63) is 52.7 Å². The number of hydrogen-bond acceptors (Lipinski definition) is 4. The van der Waals surface area contributed by atoms with Gasteiger partial charge in [0.05, 0.1) is 12.7 Å². The van der Waals surface area contributed by atoms with Gasteiger partial charge in [-0.05, 0) is 37.3 Å². The van der Waals surface area contributed by atoms with E-state index in [0.29, 0.717) is 22.2 Å². The van der Waals surface area contributed by atoms with Crippen molar-refractivity contribution in [1.82, 2.24) is 10.0 Å². The number of carbonyl (C=O) groups excluding carboxylic acids is 1. The van der Waals surface area contributed by atoms with Crippen LogP contribution in [0.3, 0.4) is 0 Å². The Morgan fingerprint density at radius 3 is 2.52 bits per heavy atom. The molecule has 0 aliphatic carbocycles. The normalized spacial score (nSPS) is 10.3. The molecule has 0 aliphatic heterocycles. The van der Waals surface area contributed by atoms with Crippen molar-refractivity contribution in [2.45, 2.75) is 6.92 Å². The first kappa shape index (κ1) is 15.3. The van der Waals surface area contributed by atoms with Crippen LogP contribution in [0.4, 0.5) is 0 Å². The zero-order valence-electron chi connectivity index (χ0n) is 12.0. The predicted molar refractivity (Wildman–Crippen MR) is 79.6 cm³/mol. The van der Waals surface area contributed by atoms with Crippen LogP contribution in [0.2, 0.25) is 5.02 Å². The Kier molecular flexibility index (Phi) is 4.77. The molecule has 0 saturated carbocycles. The number of pyridine rings is 1. The van der Waals surface area contributed by atoms with Crippen LogP contribution in [0.25, 0.3) is 0 Å². The van der Waals surface area contributed by atoms with Crippen molar-refractivity contribution in [3.63, 3.8) is 0 Å². The van der Waals surface area contributed by atoms with Gasteiger partial charge in [0.2, 0.25) is 5.88 Å². The van der Waals surface area contributed by atoms with Crippen LogP contribution >= 0.6 is 11.6 Å². The number of amides is 1. The largest absolute Gasteiger partial charge is 0.439 e. The molecule has 1 amide bonds. The van der Waals surface area contributed by atoms with Crippen LogP contribution in [0.1, 0.15) is 15.9 Å². The predicted octanol–water partition coefficient (Wildman–Crippen LogP) is 3.47. The number of nitrogens with zero attached hydrogens (tertiary/aromatic N) is 2. The van der Waals surface area contributed by atoms with Crippen LogP contribution < -0.4 is 4.74 Å². The second-order valence-electron chi connectivity index (χ2n) is 4.39. The summed E-state index contributed by atoms with van der Waals surface area (Å²) in [5.74, 6) is 0.795. The van der Waals surface area contributed by atoms with Gasteiger partial charge in [-0.15, -0.1) is 0 Å². The highest BCUT2D eigenvalue weighted by Crippen LogP contribution is 2.24. The lowest BCUT2D eigenvalue weighted by molar-refractivity contribution is -0.0757. The number of benzene rings is 1. The molecular weight excluding hydrogens is 292 g/mol. The monoisotopic (exact) mass is 306 g/mol. The third kappa shape index (κ3) is 3.71. The van der Waals surface area contributed by atoms with E-state index in [-0.39, 0.29) is 5.91 Å². The molecule has 6 heteroatoms. The molecule has 0 unspecified atom stereocenters. The van der Waals surface area contributed by atoms with Crippen LogP contribution in [0.15, 0.2) is 36.5 Å². The van der Waals surface area contributed by atoms with Gasteiger partial charge in [0.1, 0.15) is 5.75 Å². The first-order chi connectivity index (χ1) is 10.0. The summed E-state index contributed by atoms with van der Waals surface area (Å²) in [5, 5.41) is 1.77. The highest BCUT2D eigenvalue weighted by atomic mass is 35.5. The van der Waals surface area contributed by atoms with E-state index in [9.17, 15) is 4.79 Å². The molecule has 0 spiro atoms. The van der Waals surface area contributed by atoms with E-state index in [1.165, 1.54) is 20.4 Å². The highest BCUT2D eigenvalue weighted by Gasteiger charge is 2.14. The number of halogens is 1. The van der Waals surface area contributed by atoms with E-state index in [1.807, 2.05) is 6.92 Å². The number of aromatic nitrogens is 1. The lowest BCUT2D eigenvalue weighted by Crippen LogP contribution is -2.25. The molecule has 2 aromatic rings. The molecule has 21 heavy (non-hydrogen) atoms. The molecule has 1 heterocycles. The molecule has 1 aromatic heterocycles. The number of hydroxylamine groups is 2.